The normalized spacial score (nSPS) is 10.5. The molecule has 0 aliphatic rings. The van der Waals surface area contributed by atoms with Crippen LogP contribution in [-0.4, -0.2) is 16.2 Å². The predicted octanol–water partition coefficient (Wildman–Crippen LogP) is 5.22. The Bertz CT molecular complexity index is 1020. The van der Waals surface area contributed by atoms with Crippen molar-refractivity contribution >= 4 is 52.1 Å². The first-order valence-corrected chi connectivity index (χ1v) is 8.82. The lowest BCUT2D eigenvalue weighted by Gasteiger charge is -2.11. The quantitative estimate of drug-likeness (QED) is 0.565. The molecule has 0 atom stereocenters. The van der Waals surface area contributed by atoms with Crippen molar-refractivity contribution in [1.29, 1.82) is 0 Å². The standard InChI is InChI=1S/C18H12Cl2FN3O2S/c1-9-14(16(24-26-9)15-11(20)6-4-7-12(15)21)17(25)23-18(27)22-13-8-3-2-5-10(13)19/h2-8H,1H3,(H2,22,23,25,27). The lowest BCUT2D eigenvalue weighted by atomic mass is 10.1. The van der Waals surface area contributed by atoms with Crippen LogP contribution in [0.4, 0.5) is 10.1 Å². The summed E-state index contributed by atoms with van der Waals surface area (Å²) in [6.45, 7) is 1.53. The molecule has 0 unspecified atom stereocenters. The minimum atomic E-state index is -0.624. The molecule has 9 heteroatoms. The summed E-state index contributed by atoms with van der Waals surface area (Å²) in [5.41, 5.74) is 0.536. The summed E-state index contributed by atoms with van der Waals surface area (Å²) in [6, 6.07) is 11.1. The number of halogens is 3. The maximum Gasteiger partial charge on any atom is 0.263 e. The third-order valence-electron chi connectivity index (χ3n) is 3.64. The minimum absolute atomic E-state index is 0.00589. The average molecular weight is 424 g/mol. The average Bonchev–Trinajstić information content (AvgIpc) is 2.98. The molecule has 2 aromatic carbocycles. The van der Waals surface area contributed by atoms with E-state index in [1.165, 1.54) is 25.1 Å². The largest absolute Gasteiger partial charge is 0.360 e. The minimum Gasteiger partial charge on any atom is -0.360 e. The zero-order chi connectivity index (χ0) is 19.6. The molecule has 5 nitrogen and oxygen atoms in total. The van der Waals surface area contributed by atoms with Gasteiger partial charge in [0.15, 0.2) is 5.11 Å². The zero-order valence-corrected chi connectivity index (χ0v) is 16.2. The molecule has 3 aromatic rings. The monoisotopic (exact) mass is 423 g/mol. The number of hydrogen-bond donors (Lipinski definition) is 2. The Morgan fingerprint density at radius 1 is 1.15 bits per heavy atom. The Morgan fingerprint density at radius 3 is 2.56 bits per heavy atom. The summed E-state index contributed by atoms with van der Waals surface area (Å²) in [5.74, 6) is -1.04. The van der Waals surface area contributed by atoms with Crippen molar-refractivity contribution in [2.45, 2.75) is 6.92 Å². The molecule has 0 saturated heterocycles. The number of amides is 1. The van der Waals surface area contributed by atoms with E-state index in [9.17, 15) is 9.18 Å². The van der Waals surface area contributed by atoms with Gasteiger partial charge >= 0.3 is 0 Å². The van der Waals surface area contributed by atoms with Crippen LogP contribution in [0.2, 0.25) is 10.0 Å². The van der Waals surface area contributed by atoms with E-state index < -0.39 is 11.7 Å². The number of hydrogen-bond acceptors (Lipinski definition) is 4. The van der Waals surface area contributed by atoms with E-state index >= 15 is 0 Å². The molecule has 0 saturated carbocycles. The number of carbonyl (C=O) groups excluding carboxylic acids is 1. The highest BCUT2D eigenvalue weighted by Gasteiger charge is 2.26. The van der Waals surface area contributed by atoms with Crippen LogP contribution in [0, 0.1) is 12.7 Å². The van der Waals surface area contributed by atoms with Crippen molar-refractivity contribution in [3.8, 4) is 11.3 Å². The number of benzene rings is 2. The lowest BCUT2D eigenvalue weighted by Crippen LogP contribution is -2.34. The topological polar surface area (TPSA) is 67.2 Å². The third kappa shape index (κ3) is 4.10. The van der Waals surface area contributed by atoms with Crippen LogP contribution in [0.15, 0.2) is 47.0 Å². The Morgan fingerprint density at radius 2 is 1.85 bits per heavy atom. The van der Waals surface area contributed by atoms with Gasteiger partial charge in [-0.2, -0.15) is 0 Å². The number of carbonyl (C=O) groups is 1. The van der Waals surface area contributed by atoms with Gasteiger partial charge in [0.1, 0.15) is 22.8 Å². The highest BCUT2D eigenvalue weighted by atomic mass is 35.5. The second-order valence-corrected chi connectivity index (χ2v) is 6.67. The van der Waals surface area contributed by atoms with Crippen LogP contribution in [0.3, 0.4) is 0 Å². The second kappa shape index (κ2) is 8.04. The number of nitrogens with one attached hydrogen (secondary N) is 2. The van der Waals surface area contributed by atoms with Crippen molar-refractivity contribution in [2.75, 3.05) is 5.32 Å². The molecular weight excluding hydrogens is 412 g/mol. The Kier molecular flexibility index (Phi) is 5.74. The van der Waals surface area contributed by atoms with Crippen molar-refractivity contribution in [2.24, 2.45) is 0 Å². The number of aryl methyl sites for hydroxylation is 1. The van der Waals surface area contributed by atoms with Crippen LogP contribution < -0.4 is 10.6 Å². The molecule has 3 rings (SSSR count). The van der Waals surface area contributed by atoms with Crippen molar-refractivity contribution in [1.82, 2.24) is 10.5 Å². The van der Waals surface area contributed by atoms with Gasteiger partial charge in [-0.25, -0.2) is 4.39 Å². The number of thiocarbonyl (C=S) groups is 1. The van der Waals surface area contributed by atoms with E-state index in [4.69, 9.17) is 39.9 Å². The first-order chi connectivity index (χ1) is 12.9. The molecular formula is C18H12Cl2FN3O2S. The van der Waals surface area contributed by atoms with Gasteiger partial charge in [0.2, 0.25) is 0 Å². The van der Waals surface area contributed by atoms with Gasteiger partial charge in [-0.05, 0) is 43.4 Å². The summed E-state index contributed by atoms with van der Waals surface area (Å²) >= 11 is 17.3. The fourth-order valence-electron chi connectivity index (χ4n) is 2.42. The van der Waals surface area contributed by atoms with Gasteiger partial charge < -0.3 is 9.84 Å². The van der Waals surface area contributed by atoms with Gasteiger partial charge in [-0.3, -0.25) is 10.1 Å². The van der Waals surface area contributed by atoms with E-state index in [1.54, 1.807) is 24.3 Å². The fraction of sp³-hybridized carbons (Fsp3) is 0.0556. The summed E-state index contributed by atoms with van der Waals surface area (Å²) in [4.78, 5) is 12.7. The van der Waals surface area contributed by atoms with Crippen LogP contribution in [0.5, 0.6) is 0 Å². The number of anilines is 1. The molecule has 0 bridgehead atoms. The molecule has 2 N–H and O–H groups in total. The van der Waals surface area contributed by atoms with E-state index in [2.05, 4.69) is 15.8 Å². The van der Waals surface area contributed by atoms with Crippen LogP contribution in [0.25, 0.3) is 11.3 Å². The summed E-state index contributed by atoms with van der Waals surface area (Å²) in [6.07, 6.45) is 0. The maximum absolute atomic E-state index is 14.2. The maximum atomic E-state index is 14.2. The smallest absolute Gasteiger partial charge is 0.263 e. The number of nitrogens with zero attached hydrogens (tertiary/aromatic N) is 1. The van der Waals surface area contributed by atoms with Crippen LogP contribution in [-0.2, 0) is 0 Å². The predicted molar refractivity (Wildman–Crippen MR) is 107 cm³/mol. The molecule has 1 heterocycles. The van der Waals surface area contributed by atoms with E-state index in [0.29, 0.717) is 10.7 Å². The molecule has 0 fully saturated rings. The van der Waals surface area contributed by atoms with Gasteiger partial charge in [-0.1, -0.05) is 46.6 Å². The van der Waals surface area contributed by atoms with E-state index in [0.717, 1.165) is 0 Å². The van der Waals surface area contributed by atoms with Gasteiger partial charge in [0.05, 0.1) is 21.3 Å². The molecule has 1 aromatic heterocycles. The Labute approximate surface area is 169 Å². The van der Waals surface area contributed by atoms with Crippen molar-refractivity contribution in [3.05, 3.63) is 69.7 Å². The van der Waals surface area contributed by atoms with Crippen molar-refractivity contribution < 1.29 is 13.7 Å². The molecule has 0 aliphatic carbocycles. The molecule has 0 spiro atoms. The highest BCUT2D eigenvalue weighted by molar-refractivity contribution is 7.80. The van der Waals surface area contributed by atoms with Crippen LogP contribution in [0.1, 0.15) is 16.1 Å². The molecule has 27 heavy (non-hydrogen) atoms. The fourth-order valence-corrected chi connectivity index (χ4v) is 3.05. The van der Waals surface area contributed by atoms with Gasteiger partial charge in [0.25, 0.3) is 5.91 Å². The highest BCUT2D eigenvalue weighted by Crippen LogP contribution is 2.33. The van der Waals surface area contributed by atoms with Gasteiger partial charge in [0, 0.05) is 0 Å². The number of aromatic nitrogens is 1. The first-order valence-electron chi connectivity index (χ1n) is 7.66. The summed E-state index contributed by atoms with van der Waals surface area (Å²) in [5, 5.41) is 9.67. The third-order valence-corrected chi connectivity index (χ3v) is 4.49. The first kappa shape index (κ1) is 19.3. The SMILES string of the molecule is Cc1onc(-c2c(F)cccc2Cl)c1C(=O)NC(=S)Nc1ccccc1Cl. The second-order valence-electron chi connectivity index (χ2n) is 5.45. The van der Waals surface area contributed by atoms with E-state index in [-0.39, 0.29) is 32.7 Å². The van der Waals surface area contributed by atoms with Crippen molar-refractivity contribution in [3.63, 3.8) is 0 Å². The number of para-hydroxylation sites is 1. The summed E-state index contributed by atoms with van der Waals surface area (Å²) < 4.78 is 19.3. The Balaban J connectivity index is 1.87. The van der Waals surface area contributed by atoms with E-state index in [1.807, 2.05) is 0 Å². The molecule has 138 valence electrons. The molecule has 0 aliphatic heterocycles. The molecule has 0 radical (unpaired) electrons. The zero-order valence-electron chi connectivity index (χ0n) is 13.8. The summed E-state index contributed by atoms with van der Waals surface area (Å²) in [7, 11) is 0. The van der Waals surface area contributed by atoms with Gasteiger partial charge in [-0.15, -0.1) is 0 Å². The molecule has 1 amide bonds. The number of rotatable bonds is 3. The van der Waals surface area contributed by atoms with Crippen LogP contribution >= 0.6 is 35.4 Å². The Hall–Kier alpha value is -2.48. The lowest BCUT2D eigenvalue weighted by molar-refractivity contribution is 0.0977.